The Hall–Kier alpha value is -1.52. The molecule has 0 aliphatic heterocycles. The van der Waals surface area contributed by atoms with E-state index in [1.807, 2.05) is 0 Å². The summed E-state index contributed by atoms with van der Waals surface area (Å²) in [6, 6.07) is 0.975. The molecule has 0 aliphatic carbocycles. The fourth-order valence-corrected chi connectivity index (χ4v) is 1.14. The minimum atomic E-state index is -4.42. The van der Waals surface area contributed by atoms with Crippen LogP contribution in [0.2, 0.25) is 0 Å². The van der Waals surface area contributed by atoms with Crippen LogP contribution in [0.25, 0.3) is 0 Å². The largest absolute Gasteiger partial charge is 0.491 e. The lowest BCUT2D eigenvalue weighted by Gasteiger charge is -2.13. The highest BCUT2D eigenvalue weighted by Crippen LogP contribution is 2.36. The van der Waals surface area contributed by atoms with Crippen molar-refractivity contribution in [2.45, 2.75) is 19.5 Å². The van der Waals surface area contributed by atoms with E-state index in [0.29, 0.717) is 12.1 Å². The lowest BCUT2D eigenvalue weighted by Crippen LogP contribution is -2.10. The number of hydrogen-bond acceptors (Lipinski definition) is 2. The van der Waals surface area contributed by atoms with Gasteiger partial charge in [0.1, 0.15) is 11.3 Å². The fourth-order valence-electron chi connectivity index (χ4n) is 1.14. The summed E-state index contributed by atoms with van der Waals surface area (Å²) < 4.78 is 42.8. The van der Waals surface area contributed by atoms with Gasteiger partial charge in [0.2, 0.25) is 0 Å². The van der Waals surface area contributed by atoms with Crippen molar-refractivity contribution < 1.29 is 17.9 Å². The summed E-state index contributed by atoms with van der Waals surface area (Å²) in [5.74, 6) is -0.236. The number of aromatic nitrogens is 1. The van der Waals surface area contributed by atoms with Gasteiger partial charge in [0.15, 0.2) is 0 Å². The maximum Gasteiger partial charge on any atom is 0.420 e. The Morgan fingerprint density at radius 1 is 1.50 bits per heavy atom. The first-order valence-electron chi connectivity index (χ1n) is 4.72. The van der Waals surface area contributed by atoms with Crippen molar-refractivity contribution in [2.75, 3.05) is 6.61 Å². The fraction of sp³-hybridized carbons (Fsp3) is 0.364. The molecular weight excluding hydrogens is 219 g/mol. The highest BCUT2D eigenvalue weighted by Gasteiger charge is 2.34. The van der Waals surface area contributed by atoms with Crippen molar-refractivity contribution in [2.24, 2.45) is 0 Å². The second-order valence-electron chi connectivity index (χ2n) is 3.25. The van der Waals surface area contributed by atoms with E-state index in [2.05, 4.69) is 11.6 Å². The summed E-state index contributed by atoms with van der Waals surface area (Å²) in [5.41, 5.74) is -0.479. The SMILES string of the molecule is C=CCCOc1cnc(C)cc1C(F)(F)F. The lowest BCUT2D eigenvalue weighted by atomic mass is 10.2. The molecule has 0 amide bonds. The van der Waals surface area contributed by atoms with E-state index in [1.54, 1.807) is 6.08 Å². The van der Waals surface area contributed by atoms with E-state index in [-0.39, 0.29) is 12.4 Å². The number of aryl methyl sites for hydroxylation is 1. The molecule has 2 nitrogen and oxygen atoms in total. The van der Waals surface area contributed by atoms with Gasteiger partial charge in [-0.15, -0.1) is 6.58 Å². The molecule has 0 saturated carbocycles. The summed E-state index contributed by atoms with van der Waals surface area (Å²) in [6.45, 7) is 5.13. The third-order valence-electron chi connectivity index (χ3n) is 1.89. The first-order valence-corrected chi connectivity index (χ1v) is 4.72. The van der Waals surface area contributed by atoms with Crippen molar-refractivity contribution in [1.82, 2.24) is 4.98 Å². The molecule has 0 fully saturated rings. The molecule has 1 aromatic rings. The third kappa shape index (κ3) is 3.25. The molecule has 0 atom stereocenters. The Bertz CT molecular complexity index is 374. The lowest BCUT2D eigenvalue weighted by molar-refractivity contribution is -0.139. The molecule has 0 aromatic carbocycles. The van der Waals surface area contributed by atoms with Crippen LogP contribution < -0.4 is 4.74 Å². The number of hydrogen-bond donors (Lipinski definition) is 0. The quantitative estimate of drug-likeness (QED) is 0.585. The summed E-state index contributed by atoms with van der Waals surface area (Å²) in [4.78, 5) is 3.78. The number of alkyl halides is 3. The Morgan fingerprint density at radius 2 is 2.19 bits per heavy atom. The molecule has 0 N–H and O–H groups in total. The first-order chi connectivity index (χ1) is 7.45. The van der Waals surface area contributed by atoms with Crippen LogP contribution in [-0.2, 0) is 6.18 Å². The molecule has 0 unspecified atom stereocenters. The maximum atomic E-state index is 12.6. The molecule has 0 bridgehead atoms. The average Bonchev–Trinajstić information content (AvgIpc) is 2.19. The molecule has 0 saturated heterocycles. The third-order valence-corrected chi connectivity index (χ3v) is 1.89. The first kappa shape index (κ1) is 12.5. The van der Waals surface area contributed by atoms with Gasteiger partial charge in [-0.2, -0.15) is 13.2 Å². The van der Waals surface area contributed by atoms with E-state index in [1.165, 1.54) is 6.92 Å². The molecule has 1 rings (SSSR count). The smallest absolute Gasteiger partial charge is 0.420 e. The van der Waals surface area contributed by atoms with Crippen molar-refractivity contribution in [3.8, 4) is 5.75 Å². The summed E-state index contributed by atoms with van der Waals surface area (Å²) >= 11 is 0. The van der Waals surface area contributed by atoms with Gasteiger partial charge < -0.3 is 4.74 Å². The molecule has 0 aliphatic rings. The van der Waals surface area contributed by atoms with Crippen LogP contribution in [0.5, 0.6) is 5.75 Å². The molecule has 0 radical (unpaired) electrons. The molecule has 1 aromatic heterocycles. The van der Waals surface area contributed by atoms with Crippen molar-refractivity contribution >= 4 is 0 Å². The van der Waals surface area contributed by atoms with Gasteiger partial charge in [0, 0.05) is 5.69 Å². The van der Waals surface area contributed by atoms with E-state index >= 15 is 0 Å². The molecule has 16 heavy (non-hydrogen) atoms. The minimum absolute atomic E-state index is 0.164. The van der Waals surface area contributed by atoms with Crippen LogP contribution in [0.4, 0.5) is 13.2 Å². The average molecular weight is 231 g/mol. The van der Waals surface area contributed by atoms with E-state index in [0.717, 1.165) is 12.3 Å². The Morgan fingerprint density at radius 3 is 2.75 bits per heavy atom. The van der Waals surface area contributed by atoms with Gasteiger partial charge in [-0.3, -0.25) is 4.98 Å². The number of rotatable bonds is 4. The van der Waals surface area contributed by atoms with Gasteiger partial charge in [-0.1, -0.05) is 6.08 Å². The van der Waals surface area contributed by atoms with E-state index in [4.69, 9.17) is 4.74 Å². The molecular formula is C11H12F3NO. The zero-order valence-electron chi connectivity index (χ0n) is 8.84. The zero-order valence-corrected chi connectivity index (χ0v) is 8.84. The Kier molecular flexibility index (Phi) is 3.93. The molecule has 5 heteroatoms. The second kappa shape index (κ2) is 5.01. The van der Waals surface area contributed by atoms with Crippen LogP contribution in [0.15, 0.2) is 24.9 Å². The predicted octanol–water partition coefficient (Wildman–Crippen LogP) is 3.36. The Labute approximate surface area is 91.8 Å². The summed E-state index contributed by atoms with van der Waals surface area (Å²) in [5, 5.41) is 0. The van der Waals surface area contributed by atoms with Crippen LogP contribution in [0.3, 0.4) is 0 Å². The highest BCUT2D eigenvalue weighted by molar-refractivity contribution is 5.34. The molecule has 88 valence electrons. The summed E-state index contributed by atoms with van der Waals surface area (Å²) in [6.07, 6.45) is -1.25. The van der Waals surface area contributed by atoms with Crippen LogP contribution in [0.1, 0.15) is 17.7 Å². The molecule has 0 spiro atoms. The standard InChI is InChI=1S/C11H12F3NO/c1-3-4-5-16-10-7-15-8(2)6-9(10)11(12,13)14/h3,6-7H,1,4-5H2,2H3. The van der Waals surface area contributed by atoms with E-state index in [9.17, 15) is 13.2 Å². The normalized spacial score (nSPS) is 11.2. The minimum Gasteiger partial charge on any atom is -0.491 e. The van der Waals surface area contributed by atoms with Gasteiger partial charge in [-0.05, 0) is 19.4 Å². The van der Waals surface area contributed by atoms with Crippen LogP contribution >= 0.6 is 0 Å². The van der Waals surface area contributed by atoms with Crippen LogP contribution in [-0.4, -0.2) is 11.6 Å². The highest BCUT2D eigenvalue weighted by atomic mass is 19.4. The molecule has 1 heterocycles. The number of ether oxygens (including phenoxy) is 1. The monoisotopic (exact) mass is 231 g/mol. The van der Waals surface area contributed by atoms with Gasteiger partial charge >= 0.3 is 6.18 Å². The second-order valence-corrected chi connectivity index (χ2v) is 3.25. The topological polar surface area (TPSA) is 22.1 Å². The zero-order chi connectivity index (χ0) is 12.2. The van der Waals surface area contributed by atoms with Crippen molar-refractivity contribution in [3.63, 3.8) is 0 Å². The van der Waals surface area contributed by atoms with Gasteiger partial charge in [0.25, 0.3) is 0 Å². The van der Waals surface area contributed by atoms with Gasteiger partial charge in [-0.25, -0.2) is 0 Å². The number of halogens is 3. The number of pyridine rings is 1. The predicted molar refractivity (Wildman–Crippen MR) is 54.3 cm³/mol. The Balaban J connectivity index is 2.94. The van der Waals surface area contributed by atoms with Crippen molar-refractivity contribution in [1.29, 1.82) is 0 Å². The van der Waals surface area contributed by atoms with Crippen LogP contribution in [0, 0.1) is 6.92 Å². The maximum absolute atomic E-state index is 12.6. The number of nitrogens with zero attached hydrogens (tertiary/aromatic N) is 1. The van der Waals surface area contributed by atoms with Crippen molar-refractivity contribution in [3.05, 3.63) is 36.2 Å². The summed E-state index contributed by atoms with van der Waals surface area (Å²) in [7, 11) is 0. The van der Waals surface area contributed by atoms with Gasteiger partial charge in [0.05, 0.1) is 12.8 Å². The van der Waals surface area contributed by atoms with E-state index < -0.39 is 11.7 Å².